The third-order valence-corrected chi connectivity index (χ3v) is 10.1. The number of benzene rings is 4. The van der Waals surface area contributed by atoms with E-state index in [9.17, 15) is 55.5 Å². The molecule has 4 aromatic rings. The molecule has 2 N–H and O–H groups in total. The molecule has 0 saturated carbocycles. The Kier molecular flexibility index (Phi) is 15.8. The van der Waals surface area contributed by atoms with E-state index in [0.29, 0.717) is 0 Å². The molecule has 1 heterocycles. The van der Waals surface area contributed by atoms with Crippen molar-refractivity contribution in [2.75, 3.05) is 25.6 Å². The number of rotatable bonds is 15. The van der Waals surface area contributed by atoms with E-state index in [1.54, 1.807) is 0 Å². The van der Waals surface area contributed by atoms with Crippen LogP contribution in [0.4, 0.5) is 37.2 Å². The molecule has 2 aliphatic rings. The first kappa shape index (κ1) is 49.6. The second kappa shape index (κ2) is 21.7. The zero-order valence-electron chi connectivity index (χ0n) is 36.1. The molecule has 0 radical (unpaired) electrons. The van der Waals surface area contributed by atoms with Crippen molar-refractivity contribution in [1.82, 2.24) is 5.32 Å². The van der Waals surface area contributed by atoms with E-state index in [1.165, 1.54) is 6.07 Å². The predicted octanol–water partition coefficient (Wildman–Crippen LogP) is 6.04. The maximum Gasteiger partial charge on any atom is 0.514 e. The van der Waals surface area contributed by atoms with Crippen molar-refractivity contribution < 1.29 is 98.1 Å². The minimum atomic E-state index is -2.50. The molecule has 6 rings (SSSR count). The molecule has 0 unspecified atom stereocenters. The first-order valence-electron chi connectivity index (χ1n) is 20.2. The van der Waals surface area contributed by atoms with Gasteiger partial charge in [-0.2, -0.15) is 8.78 Å². The minimum absolute atomic E-state index is 0.0228. The molecule has 23 heteroatoms. The Hall–Kier alpha value is -7.82. The zero-order chi connectivity index (χ0) is 49.4. The number of esters is 4. The second-order valence-electron chi connectivity index (χ2n) is 14.7. The Morgan fingerprint density at radius 1 is 0.676 bits per heavy atom. The first-order valence-corrected chi connectivity index (χ1v) is 20.2. The van der Waals surface area contributed by atoms with Gasteiger partial charge in [0.1, 0.15) is 19.0 Å². The number of ether oxygens (including phenoxy) is 9. The average Bonchev–Trinajstić information content (AvgIpc) is 3.62. The highest BCUT2D eigenvalue weighted by Gasteiger charge is 2.56. The fraction of sp³-hybridized carbons (Fsp3) is 0.311. The summed E-state index contributed by atoms with van der Waals surface area (Å²) in [7, 11) is 0.960. The van der Waals surface area contributed by atoms with Crippen LogP contribution in [-0.2, 0) is 63.7 Å². The van der Waals surface area contributed by atoms with Crippen molar-refractivity contribution >= 4 is 47.7 Å². The summed E-state index contributed by atoms with van der Waals surface area (Å²) < 4.78 is 116. The maximum absolute atomic E-state index is 14.2. The van der Waals surface area contributed by atoms with E-state index in [4.69, 9.17) is 37.9 Å². The molecule has 4 aromatic carbocycles. The quantitative estimate of drug-likeness (QED) is 0.0346. The van der Waals surface area contributed by atoms with Gasteiger partial charge in [-0.3, -0.25) is 19.2 Å². The van der Waals surface area contributed by atoms with Crippen LogP contribution in [0.1, 0.15) is 49.8 Å². The molecule has 68 heavy (non-hydrogen) atoms. The summed E-state index contributed by atoms with van der Waals surface area (Å²) in [6.45, 7) is 1.74. The van der Waals surface area contributed by atoms with Gasteiger partial charge in [-0.25, -0.2) is 27.6 Å². The van der Waals surface area contributed by atoms with Gasteiger partial charge in [-0.05, 0) is 39.9 Å². The second-order valence-corrected chi connectivity index (χ2v) is 14.7. The average molecular weight is 959 g/mol. The number of carbonyl (C=O) groups is 7. The number of hydrogen-bond acceptors (Lipinski definition) is 16. The highest BCUT2D eigenvalue weighted by molar-refractivity contribution is 5.92. The van der Waals surface area contributed by atoms with Crippen LogP contribution in [0.5, 0.6) is 11.5 Å². The van der Waals surface area contributed by atoms with Crippen LogP contribution in [0, 0.1) is 29.1 Å². The van der Waals surface area contributed by atoms with Crippen molar-refractivity contribution in [1.29, 1.82) is 0 Å². The molecule has 1 aliphatic carbocycles. The first-order chi connectivity index (χ1) is 32.4. The number of anilines is 1. The number of methoxy groups -OCH3 is 1. The smallest absolute Gasteiger partial charge is 0.467 e. The van der Waals surface area contributed by atoms with Crippen molar-refractivity contribution in [3.63, 3.8) is 0 Å². The van der Waals surface area contributed by atoms with E-state index in [1.807, 2.05) is 48.5 Å². The standard InChI is InChI=1S/C45H39F5N2O16/c1-20(53)63-38-39(64-21(2)54)41(65-22(3)55)43(67-40(38)42(57)60-4)66-30-14-13-23(18-62-45(59)68-37-35(49)33(47)32(46)34(48)36(37)50)17-29(30)52-31(56)15-16-51-44(58)61-19-28-26-11-7-5-9-24(26)25-10-6-8-12-27(25)28/h5-14,17,28,38-41,43H,15-16,18-19H2,1-4H3,(H,51,58)(H,52,56)/t38-,39-,40-,41+,43+/m0/s1. The Morgan fingerprint density at radius 3 is 1.82 bits per heavy atom. The van der Waals surface area contributed by atoms with Crippen molar-refractivity contribution in [3.05, 3.63) is 113 Å². The van der Waals surface area contributed by atoms with E-state index < -0.39 is 121 Å². The number of halogens is 5. The SMILES string of the molecule is COC(=O)[C@H]1O[C@@H](Oc2ccc(COC(=O)Oc3c(F)c(F)c(F)c(F)c3F)cc2NC(=O)CCNC(=O)OCC2c3ccccc3-c3ccccc32)[C@H](OC(C)=O)[C@@H](OC(C)=O)[C@@H]1OC(C)=O. The topological polar surface area (TPSA) is 227 Å². The van der Waals surface area contributed by atoms with E-state index in [2.05, 4.69) is 15.4 Å². The lowest BCUT2D eigenvalue weighted by Gasteiger charge is -2.43. The summed E-state index contributed by atoms with van der Waals surface area (Å²) in [5.74, 6) is -19.7. The summed E-state index contributed by atoms with van der Waals surface area (Å²) in [4.78, 5) is 88.4. The summed E-state index contributed by atoms with van der Waals surface area (Å²) in [5.41, 5.74) is 3.60. The number of nitrogens with one attached hydrogen (secondary N) is 2. The van der Waals surface area contributed by atoms with Gasteiger partial charge in [0, 0.05) is 39.7 Å². The molecule has 5 atom stereocenters. The van der Waals surface area contributed by atoms with Crippen molar-refractivity contribution in [3.8, 4) is 22.6 Å². The number of carbonyl (C=O) groups excluding carboxylic acids is 7. The number of hydrogen-bond donors (Lipinski definition) is 2. The number of alkyl carbamates (subject to hydrolysis) is 1. The molecule has 1 saturated heterocycles. The molecule has 0 spiro atoms. The molecule has 0 aromatic heterocycles. The Morgan fingerprint density at radius 2 is 1.24 bits per heavy atom. The molecule has 1 aliphatic heterocycles. The van der Waals surface area contributed by atoms with Gasteiger partial charge < -0.3 is 53.3 Å². The lowest BCUT2D eigenvalue weighted by Crippen LogP contribution is -2.64. The van der Waals surface area contributed by atoms with Gasteiger partial charge in [0.05, 0.1) is 12.8 Å². The zero-order valence-corrected chi connectivity index (χ0v) is 36.1. The Labute approximate surface area is 381 Å². The highest BCUT2D eigenvalue weighted by atomic mass is 19.2. The summed E-state index contributed by atoms with van der Waals surface area (Å²) >= 11 is 0. The highest BCUT2D eigenvalue weighted by Crippen LogP contribution is 2.44. The molecule has 0 bridgehead atoms. The molecule has 360 valence electrons. The predicted molar refractivity (Wildman–Crippen MR) is 218 cm³/mol. The number of amides is 2. The Balaban J connectivity index is 1.21. The molecule has 2 amide bonds. The van der Waals surface area contributed by atoms with Crippen LogP contribution in [0.2, 0.25) is 0 Å². The molecular formula is C45H39F5N2O16. The number of fused-ring (bicyclic) bond motifs is 3. The van der Waals surface area contributed by atoms with Gasteiger partial charge in [0.25, 0.3) is 0 Å². The van der Waals surface area contributed by atoms with Gasteiger partial charge in [-0.1, -0.05) is 54.6 Å². The fourth-order valence-electron chi connectivity index (χ4n) is 7.24. The molecule has 1 fully saturated rings. The minimum Gasteiger partial charge on any atom is -0.467 e. The third-order valence-electron chi connectivity index (χ3n) is 10.1. The van der Waals surface area contributed by atoms with Gasteiger partial charge in [-0.15, -0.1) is 0 Å². The van der Waals surface area contributed by atoms with E-state index in [-0.39, 0.29) is 36.1 Å². The van der Waals surface area contributed by atoms with Crippen LogP contribution in [0.3, 0.4) is 0 Å². The summed E-state index contributed by atoms with van der Waals surface area (Å²) in [6.07, 6.45) is -12.3. The van der Waals surface area contributed by atoms with Crippen LogP contribution in [0.25, 0.3) is 11.1 Å². The fourth-order valence-corrected chi connectivity index (χ4v) is 7.24. The third kappa shape index (κ3) is 11.4. The lowest BCUT2D eigenvalue weighted by atomic mass is 9.97. The van der Waals surface area contributed by atoms with Gasteiger partial charge >= 0.3 is 36.1 Å². The van der Waals surface area contributed by atoms with E-state index in [0.717, 1.165) is 62.3 Å². The molecular weight excluding hydrogens is 919 g/mol. The van der Waals surface area contributed by atoms with Crippen LogP contribution in [0.15, 0.2) is 66.7 Å². The maximum atomic E-state index is 14.2. The van der Waals surface area contributed by atoms with Crippen molar-refractivity contribution in [2.24, 2.45) is 0 Å². The summed E-state index contributed by atoms with van der Waals surface area (Å²) in [5, 5.41) is 4.98. The Bertz CT molecular complexity index is 2560. The van der Waals surface area contributed by atoms with E-state index >= 15 is 0 Å². The van der Waals surface area contributed by atoms with Crippen LogP contribution in [-0.4, -0.2) is 93.0 Å². The normalized spacial score (nSPS) is 18.2. The van der Waals surface area contributed by atoms with Crippen molar-refractivity contribution in [2.45, 2.75) is 70.4 Å². The largest absolute Gasteiger partial charge is 0.514 e. The van der Waals surface area contributed by atoms with Crippen LogP contribution < -0.4 is 20.1 Å². The monoisotopic (exact) mass is 958 g/mol. The van der Waals surface area contributed by atoms with Crippen LogP contribution >= 0.6 is 0 Å². The molecule has 18 nitrogen and oxygen atoms in total. The lowest BCUT2D eigenvalue weighted by molar-refractivity contribution is -0.282. The van der Waals surface area contributed by atoms with Gasteiger partial charge in [0.15, 0.2) is 18.3 Å². The van der Waals surface area contributed by atoms with Gasteiger partial charge in [0.2, 0.25) is 53.1 Å². The summed E-state index contributed by atoms with van der Waals surface area (Å²) in [6, 6.07) is 18.7.